The number of halogens is 3. The summed E-state index contributed by atoms with van der Waals surface area (Å²) in [4.78, 5) is 4.43. The molecule has 4 aromatic rings. The van der Waals surface area contributed by atoms with Crippen LogP contribution in [0.4, 0.5) is 5.95 Å². The number of anilines is 1. The van der Waals surface area contributed by atoms with Gasteiger partial charge in [0.25, 0.3) is 0 Å². The van der Waals surface area contributed by atoms with Gasteiger partial charge in [0.2, 0.25) is 5.95 Å². The fourth-order valence-electron chi connectivity index (χ4n) is 4.52. The molecule has 34 heavy (non-hydrogen) atoms. The number of aromatic nitrogens is 3. The minimum Gasteiger partial charge on any atom is -0.497 e. The lowest BCUT2D eigenvalue weighted by molar-refractivity contribution is 0.223. The molecule has 0 radical (unpaired) electrons. The van der Waals surface area contributed by atoms with Gasteiger partial charge < -0.3 is 14.8 Å². The summed E-state index contributed by atoms with van der Waals surface area (Å²) in [6.07, 6.45) is 1.08. The number of fused-ring (bicyclic) bond motifs is 3. The highest BCUT2D eigenvalue weighted by Crippen LogP contribution is 2.52. The fraction of sp³-hybridized carbons (Fsp3) is 0.120. The van der Waals surface area contributed by atoms with Gasteiger partial charge in [-0.3, -0.25) is 0 Å². The van der Waals surface area contributed by atoms with Crippen molar-refractivity contribution in [2.24, 2.45) is 0 Å². The van der Waals surface area contributed by atoms with Crippen LogP contribution in [-0.2, 0) is 0 Å². The van der Waals surface area contributed by atoms with E-state index in [2.05, 4.69) is 15.4 Å². The molecule has 6 nitrogen and oxygen atoms in total. The van der Waals surface area contributed by atoms with Crippen molar-refractivity contribution >= 4 is 46.4 Å². The zero-order chi connectivity index (χ0) is 23.4. The van der Waals surface area contributed by atoms with Crippen molar-refractivity contribution < 1.29 is 9.47 Å². The summed E-state index contributed by atoms with van der Waals surface area (Å²) in [7, 11) is 1.64. The number of benzene rings is 3. The predicted octanol–water partition coefficient (Wildman–Crippen LogP) is 6.81. The van der Waals surface area contributed by atoms with Gasteiger partial charge in [-0.25, -0.2) is 4.68 Å². The van der Waals surface area contributed by atoms with Crippen LogP contribution in [0.2, 0.25) is 15.1 Å². The van der Waals surface area contributed by atoms with E-state index in [1.165, 1.54) is 6.33 Å². The molecule has 0 bridgehead atoms. The molecule has 0 saturated heterocycles. The van der Waals surface area contributed by atoms with Crippen LogP contribution in [0.5, 0.6) is 11.5 Å². The van der Waals surface area contributed by atoms with E-state index in [0.717, 1.165) is 33.7 Å². The summed E-state index contributed by atoms with van der Waals surface area (Å²) in [6.45, 7) is 0. The average molecular weight is 512 g/mol. The first kappa shape index (κ1) is 21.4. The van der Waals surface area contributed by atoms with Crippen LogP contribution < -0.4 is 14.8 Å². The minimum absolute atomic E-state index is 0.391. The van der Waals surface area contributed by atoms with Crippen LogP contribution in [0.3, 0.4) is 0 Å². The Hall–Kier alpha value is -3.19. The standard InChI is InChI=1S/C25H17Cl3N4O2/c1-33-16-6-2-13(3-7-16)24-21-22(18-10-14(26)5-9-20(18)34-24)31-25-29-12-30-32(25)23(21)17-8-4-15(27)11-19(17)28/h2-12,23-24H,1H3,(H,29,30,31)/t23-,24-/m1/s1. The molecule has 2 aliphatic heterocycles. The molecule has 170 valence electrons. The van der Waals surface area contributed by atoms with Gasteiger partial charge in [-0.15, -0.1) is 0 Å². The molecule has 0 amide bonds. The predicted molar refractivity (Wildman–Crippen MR) is 133 cm³/mol. The van der Waals surface area contributed by atoms with E-state index >= 15 is 0 Å². The summed E-state index contributed by atoms with van der Waals surface area (Å²) < 4.78 is 13.8. The van der Waals surface area contributed by atoms with Crippen LogP contribution in [0.1, 0.15) is 28.8 Å². The second-order valence-corrected chi connectivity index (χ2v) is 9.24. The molecular weight excluding hydrogens is 495 g/mol. The maximum Gasteiger partial charge on any atom is 0.226 e. The number of ether oxygens (including phenoxy) is 2. The van der Waals surface area contributed by atoms with Crippen molar-refractivity contribution in [3.63, 3.8) is 0 Å². The molecule has 3 heterocycles. The minimum atomic E-state index is -0.434. The first-order chi connectivity index (χ1) is 16.5. The maximum absolute atomic E-state index is 6.72. The van der Waals surface area contributed by atoms with Gasteiger partial charge in [0, 0.05) is 26.2 Å². The number of methoxy groups -OCH3 is 1. The van der Waals surface area contributed by atoms with Crippen LogP contribution in [-0.4, -0.2) is 21.9 Å². The first-order valence-corrected chi connectivity index (χ1v) is 11.6. The first-order valence-electron chi connectivity index (χ1n) is 10.5. The molecule has 0 saturated carbocycles. The summed E-state index contributed by atoms with van der Waals surface area (Å²) in [5, 5.41) is 9.65. The smallest absolute Gasteiger partial charge is 0.226 e. The lowest BCUT2D eigenvalue weighted by Gasteiger charge is -2.39. The maximum atomic E-state index is 6.72. The number of rotatable bonds is 3. The Balaban J connectivity index is 1.63. The van der Waals surface area contributed by atoms with Crippen molar-refractivity contribution in [2.45, 2.75) is 12.1 Å². The Morgan fingerprint density at radius 1 is 0.971 bits per heavy atom. The second kappa shape index (κ2) is 8.24. The third kappa shape index (κ3) is 3.41. The summed E-state index contributed by atoms with van der Waals surface area (Å²) in [5.74, 6) is 2.07. The van der Waals surface area contributed by atoms with Gasteiger partial charge in [0.05, 0.1) is 12.8 Å². The fourth-order valence-corrected chi connectivity index (χ4v) is 5.20. The highest BCUT2D eigenvalue weighted by atomic mass is 35.5. The highest BCUT2D eigenvalue weighted by molar-refractivity contribution is 6.35. The number of nitrogens with zero attached hydrogens (tertiary/aromatic N) is 3. The largest absolute Gasteiger partial charge is 0.497 e. The van der Waals surface area contributed by atoms with Crippen LogP contribution in [0, 0.1) is 0 Å². The molecule has 2 aliphatic rings. The van der Waals surface area contributed by atoms with E-state index < -0.39 is 12.1 Å². The van der Waals surface area contributed by atoms with Gasteiger partial charge in [-0.1, -0.05) is 53.0 Å². The van der Waals surface area contributed by atoms with Crippen LogP contribution >= 0.6 is 34.8 Å². The lowest BCUT2D eigenvalue weighted by atomic mass is 9.84. The van der Waals surface area contributed by atoms with Crippen molar-refractivity contribution in [3.8, 4) is 11.5 Å². The van der Waals surface area contributed by atoms with E-state index in [1.54, 1.807) is 13.2 Å². The van der Waals surface area contributed by atoms with Crippen LogP contribution in [0.15, 0.2) is 72.6 Å². The Labute approximate surface area is 210 Å². The zero-order valence-electron chi connectivity index (χ0n) is 17.8. The van der Waals surface area contributed by atoms with E-state index in [-0.39, 0.29) is 0 Å². The second-order valence-electron chi connectivity index (χ2n) is 7.96. The number of hydrogen-bond acceptors (Lipinski definition) is 5. The van der Waals surface area contributed by atoms with Gasteiger partial charge in [0.1, 0.15) is 30.0 Å². The van der Waals surface area contributed by atoms with E-state index in [0.29, 0.717) is 26.8 Å². The summed E-state index contributed by atoms with van der Waals surface area (Å²) in [6, 6.07) is 18.5. The Kier molecular flexibility index (Phi) is 5.17. The van der Waals surface area contributed by atoms with Crippen molar-refractivity contribution in [2.75, 3.05) is 12.4 Å². The van der Waals surface area contributed by atoms with E-state index in [9.17, 15) is 0 Å². The average Bonchev–Trinajstić information content (AvgIpc) is 3.31. The molecule has 9 heteroatoms. The van der Waals surface area contributed by atoms with Crippen molar-refractivity contribution in [1.29, 1.82) is 0 Å². The number of nitrogens with one attached hydrogen (secondary N) is 1. The SMILES string of the molecule is COc1ccc([C@H]2Oc3ccc(Cl)cc3C3=C2[C@@H](c2ccc(Cl)cc2Cl)n2ncnc2N3)cc1. The van der Waals surface area contributed by atoms with E-state index in [4.69, 9.17) is 44.3 Å². The normalized spacial score (nSPS) is 18.4. The lowest BCUT2D eigenvalue weighted by Crippen LogP contribution is -2.32. The summed E-state index contributed by atoms with van der Waals surface area (Å²) in [5.41, 5.74) is 4.42. The van der Waals surface area contributed by atoms with Crippen LogP contribution in [0.25, 0.3) is 5.70 Å². The van der Waals surface area contributed by atoms with E-state index in [1.807, 2.05) is 59.3 Å². The molecule has 2 atom stereocenters. The molecule has 6 rings (SSSR count). The molecule has 1 aromatic heterocycles. The Morgan fingerprint density at radius 2 is 1.74 bits per heavy atom. The molecule has 0 spiro atoms. The topological polar surface area (TPSA) is 61.2 Å². The van der Waals surface area contributed by atoms with Gasteiger partial charge in [-0.2, -0.15) is 10.1 Å². The quantitative estimate of drug-likeness (QED) is 0.327. The summed E-state index contributed by atoms with van der Waals surface area (Å²) >= 11 is 19.3. The molecule has 0 unspecified atom stereocenters. The van der Waals surface area contributed by atoms with Crippen molar-refractivity contribution in [3.05, 3.63) is 104 Å². The van der Waals surface area contributed by atoms with Gasteiger partial charge in [0.15, 0.2) is 0 Å². The molecular formula is C25H17Cl3N4O2. The third-order valence-electron chi connectivity index (χ3n) is 6.05. The molecule has 0 aliphatic carbocycles. The molecule has 3 aromatic carbocycles. The molecule has 0 fully saturated rings. The number of hydrogen-bond donors (Lipinski definition) is 1. The Bertz CT molecular complexity index is 1450. The third-order valence-corrected chi connectivity index (χ3v) is 6.85. The Morgan fingerprint density at radius 3 is 2.50 bits per heavy atom. The molecule has 1 N–H and O–H groups in total. The zero-order valence-corrected chi connectivity index (χ0v) is 20.1. The monoisotopic (exact) mass is 510 g/mol. The van der Waals surface area contributed by atoms with Gasteiger partial charge >= 0.3 is 0 Å². The van der Waals surface area contributed by atoms with Crippen molar-refractivity contribution in [1.82, 2.24) is 14.8 Å². The highest BCUT2D eigenvalue weighted by Gasteiger charge is 2.41. The van der Waals surface area contributed by atoms with Gasteiger partial charge in [-0.05, 0) is 53.6 Å².